The van der Waals surface area contributed by atoms with Crippen LogP contribution < -0.4 is 10.1 Å². The lowest BCUT2D eigenvalue weighted by Crippen LogP contribution is -2.32. The summed E-state index contributed by atoms with van der Waals surface area (Å²) in [5.41, 5.74) is 2.77. The number of hydrogen-bond donors (Lipinski definition) is 1. The van der Waals surface area contributed by atoms with Crippen molar-refractivity contribution in [3.05, 3.63) is 114 Å². The Morgan fingerprint density at radius 2 is 1.56 bits per heavy atom. The average molecular weight is 544 g/mol. The third-order valence-corrected chi connectivity index (χ3v) is 6.81. The van der Waals surface area contributed by atoms with E-state index in [0.717, 1.165) is 23.4 Å². The summed E-state index contributed by atoms with van der Waals surface area (Å²) in [6, 6.07) is 30.8. The molecule has 0 fully saturated rings. The van der Waals surface area contributed by atoms with E-state index in [9.17, 15) is 13.2 Å². The molecule has 8 heteroatoms. The van der Waals surface area contributed by atoms with Gasteiger partial charge in [-0.15, -0.1) is 0 Å². The molecular formula is C31H33N3O4S. The summed E-state index contributed by atoms with van der Waals surface area (Å²) in [6.07, 6.45) is 0.621. The minimum Gasteiger partial charge on any atom is -0.493 e. The quantitative estimate of drug-likeness (QED) is 0.322. The first kappa shape index (κ1) is 28.0. The molecule has 4 aromatic carbocycles. The monoisotopic (exact) mass is 543 g/mol. The van der Waals surface area contributed by atoms with Gasteiger partial charge < -0.3 is 15.0 Å². The van der Waals surface area contributed by atoms with Crippen molar-refractivity contribution in [2.75, 3.05) is 20.7 Å². The smallest absolute Gasteiger partial charge is 0.311 e. The molecule has 0 saturated heterocycles. The zero-order valence-corrected chi connectivity index (χ0v) is 23.0. The Kier molecular flexibility index (Phi) is 9.83. The predicted molar refractivity (Wildman–Crippen MR) is 154 cm³/mol. The minimum absolute atomic E-state index is 0.0383. The molecule has 2 unspecified atom stereocenters. The molecule has 0 radical (unpaired) electrons. The second-order valence-corrected chi connectivity index (χ2v) is 10.3. The number of benzene rings is 4. The summed E-state index contributed by atoms with van der Waals surface area (Å²) in [7, 11) is 1.42. The van der Waals surface area contributed by atoms with Crippen molar-refractivity contribution in [2.45, 2.75) is 31.5 Å². The van der Waals surface area contributed by atoms with Gasteiger partial charge in [0.2, 0.25) is 5.91 Å². The molecule has 5 rings (SSSR count). The van der Waals surface area contributed by atoms with E-state index in [2.05, 4.69) is 63.1 Å². The van der Waals surface area contributed by atoms with Crippen molar-refractivity contribution >= 4 is 27.2 Å². The van der Waals surface area contributed by atoms with Gasteiger partial charge in [-0.05, 0) is 42.1 Å². The third-order valence-electron chi connectivity index (χ3n) is 6.39. The van der Waals surface area contributed by atoms with Crippen molar-refractivity contribution in [1.29, 1.82) is 0 Å². The number of carbonyl (C=O) groups is 1. The van der Waals surface area contributed by atoms with Crippen LogP contribution >= 0.6 is 0 Å². The number of nitrogens with zero attached hydrogens (tertiary/aromatic N) is 2. The summed E-state index contributed by atoms with van der Waals surface area (Å²) in [5.74, 6) is 0.536. The van der Waals surface area contributed by atoms with Gasteiger partial charge in [-0.3, -0.25) is 4.79 Å². The van der Waals surface area contributed by atoms with E-state index in [1.165, 1.54) is 10.8 Å². The van der Waals surface area contributed by atoms with E-state index in [4.69, 9.17) is 4.74 Å². The zero-order chi connectivity index (χ0) is 27.6. The second kappa shape index (κ2) is 13.7. The Bertz CT molecular complexity index is 1460. The van der Waals surface area contributed by atoms with Crippen LogP contribution in [0.1, 0.15) is 41.6 Å². The van der Waals surface area contributed by atoms with Gasteiger partial charge in [0.1, 0.15) is 11.8 Å². The molecule has 7 nitrogen and oxygen atoms in total. The maximum Gasteiger partial charge on any atom is 0.311 e. The number of fused-ring (bicyclic) bond motifs is 2. The van der Waals surface area contributed by atoms with Crippen LogP contribution in [0.25, 0.3) is 10.8 Å². The maximum absolute atomic E-state index is 12.7. The van der Waals surface area contributed by atoms with Crippen LogP contribution in [0.4, 0.5) is 0 Å². The Labute approximate surface area is 231 Å². The van der Waals surface area contributed by atoms with Crippen LogP contribution in [0, 0.1) is 0 Å². The molecule has 0 saturated carbocycles. The molecule has 0 spiro atoms. The molecule has 2 atom stereocenters. The second-order valence-electron chi connectivity index (χ2n) is 9.67. The molecule has 0 bridgehead atoms. The highest BCUT2D eigenvalue weighted by Gasteiger charge is 2.25. The number of carbonyl (C=O) groups excluding carboxylic acids is 1. The SMILES string of the molecule is CN(C)Cc1ccc2c(c1)OCCC2NC(=O)CC(N=S(=O)=O)c1ccccc1.c1ccc2ccccc2c1. The first-order valence-corrected chi connectivity index (χ1v) is 13.9. The fourth-order valence-corrected chi connectivity index (χ4v) is 5.01. The van der Waals surface area contributed by atoms with Crippen LogP contribution in [0.2, 0.25) is 0 Å². The summed E-state index contributed by atoms with van der Waals surface area (Å²) in [5, 5.41) is 5.64. The highest BCUT2D eigenvalue weighted by Crippen LogP contribution is 2.33. The van der Waals surface area contributed by atoms with E-state index in [1.54, 1.807) is 24.3 Å². The molecule has 0 aromatic heterocycles. The highest BCUT2D eigenvalue weighted by atomic mass is 32.2. The maximum atomic E-state index is 12.7. The Balaban J connectivity index is 0.000000292. The average Bonchev–Trinajstić information content (AvgIpc) is 2.93. The highest BCUT2D eigenvalue weighted by molar-refractivity contribution is 7.61. The third kappa shape index (κ3) is 8.24. The summed E-state index contributed by atoms with van der Waals surface area (Å²) in [4.78, 5) is 14.8. The first-order valence-electron chi connectivity index (χ1n) is 12.9. The van der Waals surface area contributed by atoms with Gasteiger partial charge in [0, 0.05) is 18.5 Å². The largest absolute Gasteiger partial charge is 0.493 e. The van der Waals surface area contributed by atoms with E-state index in [0.29, 0.717) is 18.6 Å². The molecule has 1 amide bonds. The molecular weight excluding hydrogens is 510 g/mol. The molecule has 4 aromatic rings. The number of ether oxygens (including phenoxy) is 1. The van der Waals surface area contributed by atoms with E-state index in [1.807, 2.05) is 38.4 Å². The van der Waals surface area contributed by atoms with Gasteiger partial charge in [-0.2, -0.15) is 12.8 Å². The zero-order valence-electron chi connectivity index (χ0n) is 22.2. The normalized spacial score (nSPS) is 14.8. The Morgan fingerprint density at radius 1 is 0.949 bits per heavy atom. The van der Waals surface area contributed by atoms with Gasteiger partial charge in [0.25, 0.3) is 0 Å². The van der Waals surface area contributed by atoms with E-state index >= 15 is 0 Å². The number of nitrogens with one attached hydrogen (secondary N) is 1. The lowest BCUT2D eigenvalue weighted by atomic mass is 9.97. The van der Waals surface area contributed by atoms with Gasteiger partial charge in [0.15, 0.2) is 0 Å². The molecule has 1 N–H and O–H groups in total. The topological polar surface area (TPSA) is 88.1 Å². The minimum atomic E-state index is -2.59. The fraction of sp³-hybridized carbons (Fsp3) is 0.258. The van der Waals surface area contributed by atoms with Gasteiger partial charge in [0.05, 0.1) is 19.1 Å². The number of hydrogen-bond acceptors (Lipinski definition) is 6. The van der Waals surface area contributed by atoms with Crippen LogP contribution in [0.3, 0.4) is 0 Å². The van der Waals surface area contributed by atoms with Crippen molar-refractivity contribution in [2.24, 2.45) is 4.36 Å². The van der Waals surface area contributed by atoms with Crippen molar-refractivity contribution in [1.82, 2.24) is 10.2 Å². The van der Waals surface area contributed by atoms with Crippen molar-refractivity contribution in [3.8, 4) is 5.75 Å². The molecule has 39 heavy (non-hydrogen) atoms. The summed E-state index contributed by atoms with van der Waals surface area (Å²) >= 11 is 0. The standard InChI is InChI=1S/C21H25N3O4S.C10H8/c1-24(2)14-15-8-9-17-18(10-11-28-20(17)12-15)22-21(25)13-19(23-29(26)27)16-6-4-3-5-7-16;1-2-6-10-8-4-3-7-9(10)5-1/h3-9,12,18-19H,10-11,13-14H2,1-2H3,(H,22,25);1-8H. The first-order chi connectivity index (χ1) is 18.9. The number of rotatable bonds is 7. The van der Waals surface area contributed by atoms with Crippen LogP contribution in [0.5, 0.6) is 5.75 Å². The van der Waals surface area contributed by atoms with Crippen LogP contribution in [0.15, 0.2) is 101 Å². The summed E-state index contributed by atoms with van der Waals surface area (Å²) < 4.78 is 31.7. The number of amides is 1. The van der Waals surface area contributed by atoms with Crippen molar-refractivity contribution < 1.29 is 17.9 Å². The lowest BCUT2D eigenvalue weighted by molar-refractivity contribution is -0.122. The van der Waals surface area contributed by atoms with Crippen molar-refractivity contribution in [3.63, 3.8) is 0 Å². The molecule has 1 aliphatic rings. The van der Waals surface area contributed by atoms with Crippen LogP contribution in [-0.4, -0.2) is 39.9 Å². The predicted octanol–water partition coefficient (Wildman–Crippen LogP) is 5.72. The van der Waals surface area contributed by atoms with E-state index in [-0.39, 0.29) is 18.4 Å². The molecule has 1 aliphatic heterocycles. The summed E-state index contributed by atoms with van der Waals surface area (Å²) in [6.45, 7) is 1.32. The van der Waals surface area contributed by atoms with Gasteiger partial charge in [-0.1, -0.05) is 91.0 Å². The Hall–Kier alpha value is -4.01. The van der Waals surface area contributed by atoms with Gasteiger partial charge in [-0.25, -0.2) is 0 Å². The van der Waals surface area contributed by atoms with Gasteiger partial charge >= 0.3 is 10.5 Å². The fourth-order valence-electron chi connectivity index (χ4n) is 4.60. The molecule has 1 heterocycles. The van der Waals surface area contributed by atoms with Crippen LogP contribution in [-0.2, 0) is 21.8 Å². The lowest BCUT2D eigenvalue weighted by Gasteiger charge is -2.28. The van der Waals surface area contributed by atoms with E-state index < -0.39 is 16.5 Å². The molecule has 202 valence electrons. The Morgan fingerprint density at radius 3 is 2.15 bits per heavy atom. The molecule has 0 aliphatic carbocycles.